The molecule has 22 atom stereocenters. The van der Waals surface area contributed by atoms with E-state index in [4.69, 9.17) is 33.2 Å². The lowest BCUT2D eigenvalue weighted by Gasteiger charge is -2.64. The van der Waals surface area contributed by atoms with Crippen LogP contribution in [-0.2, 0) is 33.2 Å². The van der Waals surface area contributed by atoms with E-state index in [1.165, 1.54) is 7.11 Å². The van der Waals surface area contributed by atoms with Gasteiger partial charge in [-0.3, -0.25) is 0 Å². The molecule has 4 heterocycles. The lowest BCUT2D eigenvalue weighted by molar-refractivity contribution is -0.368. The molecule has 5 saturated carbocycles. The summed E-state index contributed by atoms with van der Waals surface area (Å²) in [6, 6.07) is 0. The molecule has 14 heteroatoms. The number of aliphatic hydroxyl groups excluding tert-OH is 7. The Hall–Kier alpha value is -0.560. The number of ether oxygens (including phenoxy) is 7. The van der Waals surface area contributed by atoms with Gasteiger partial charge in [0.1, 0.15) is 42.7 Å². The van der Waals surface area contributed by atoms with Crippen LogP contribution < -0.4 is 0 Å². The molecule has 9 rings (SSSR count). The van der Waals surface area contributed by atoms with E-state index in [0.29, 0.717) is 12.8 Å². The Labute approximate surface area is 324 Å². The Balaban J connectivity index is 0.974. The SMILES string of the molecule is CO[C@@H]1O[C@H](OC(C)(C)[C@H]2O[C@]34C[C@@]5(C)[C@@H]6[C@@H](O)C[C@H]7C(C)(C)[C@@H](O[C@@H]8OC[C@H](O)[C@H](O)[C@@H]8O)CC[C@@]78C[C@@]68CC[C@]5(C)[C@H]3[C@H](C)C[C@H]2O4)[C@H](O)[C@H](O)[C@@H]1O. The summed E-state index contributed by atoms with van der Waals surface area (Å²) in [6.45, 7) is 15.3. The molecule has 5 aliphatic carbocycles. The van der Waals surface area contributed by atoms with Gasteiger partial charge in [0.25, 0.3) is 0 Å². The van der Waals surface area contributed by atoms with Crippen LogP contribution in [0.5, 0.6) is 0 Å². The number of methoxy groups -OCH3 is 1. The molecule has 2 bridgehead atoms. The van der Waals surface area contributed by atoms with Gasteiger partial charge in [-0.05, 0) is 104 Å². The van der Waals surface area contributed by atoms with Crippen LogP contribution in [0.15, 0.2) is 0 Å². The van der Waals surface area contributed by atoms with Crippen LogP contribution in [0.1, 0.15) is 99.8 Å². The molecule has 0 aromatic rings. The second-order valence-electron chi connectivity index (χ2n) is 21.1. The van der Waals surface area contributed by atoms with Crippen molar-refractivity contribution < 1.29 is 68.9 Å². The van der Waals surface area contributed by atoms with Gasteiger partial charge in [-0.15, -0.1) is 0 Å². The second kappa shape index (κ2) is 12.5. The van der Waals surface area contributed by atoms with Crippen LogP contribution in [0.3, 0.4) is 0 Å². The average Bonchev–Trinajstić information content (AvgIpc) is 3.58. The maximum Gasteiger partial charge on any atom is 0.190 e. The summed E-state index contributed by atoms with van der Waals surface area (Å²) in [4.78, 5) is 0. The minimum atomic E-state index is -1.52. The summed E-state index contributed by atoms with van der Waals surface area (Å²) in [5.74, 6) is -0.287. The van der Waals surface area contributed by atoms with Gasteiger partial charge in [-0.1, -0.05) is 34.6 Å². The number of hydrogen-bond acceptors (Lipinski definition) is 14. The maximum atomic E-state index is 12.6. The highest BCUT2D eigenvalue weighted by Crippen LogP contribution is 2.90. The summed E-state index contributed by atoms with van der Waals surface area (Å²) in [7, 11) is 1.36. The van der Waals surface area contributed by atoms with Crippen LogP contribution in [0.4, 0.5) is 0 Å². The van der Waals surface area contributed by atoms with Gasteiger partial charge in [0.2, 0.25) is 0 Å². The van der Waals surface area contributed by atoms with Crippen molar-refractivity contribution >= 4 is 0 Å². The quantitative estimate of drug-likeness (QED) is 0.191. The van der Waals surface area contributed by atoms with Crippen LogP contribution >= 0.6 is 0 Å². The number of fused-ring (bicyclic) bond motifs is 4. The predicted molar refractivity (Wildman–Crippen MR) is 191 cm³/mol. The molecule has 0 aromatic carbocycles. The van der Waals surface area contributed by atoms with Crippen molar-refractivity contribution in [3.63, 3.8) is 0 Å². The van der Waals surface area contributed by atoms with Gasteiger partial charge in [0, 0.05) is 19.4 Å². The highest BCUT2D eigenvalue weighted by molar-refractivity contribution is 5.34. The third-order valence-corrected chi connectivity index (χ3v) is 17.9. The first-order chi connectivity index (χ1) is 25.6. The minimum Gasteiger partial charge on any atom is -0.393 e. The molecule has 55 heavy (non-hydrogen) atoms. The molecule has 0 aromatic heterocycles. The highest BCUT2D eigenvalue weighted by atomic mass is 16.8. The average molecular weight is 783 g/mol. The third kappa shape index (κ3) is 5.10. The summed E-state index contributed by atoms with van der Waals surface area (Å²) < 4.78 is 44.0. The molecule has 0 amide bonds. The van der Waals surface area contributed by atoms with Crippen molar-refractivity contribution in [2.24, 2.45) is 50.7 Å². The van der Waals surface area contributed by atoms with Gasteiger partial charge >= 0.3 is 0 Å². The predicted octanol–water partition coefficient (Wildman–Crippen LogP) is 1.56. The van der Waals surface area contributed by atoms with Crippen molar-refractivity contribution in [1.82, 2.24) is 0 Å². The second-order valence-corrected chi connectivity index (χ2v) is 21.1. The lowest BCUT2D eigenvalue weighted by Crippen LogP contribution is -2.63. The van der Waals surface area contributed by atoms with Crippen LogP contribution in [0, 0.1) is 50.7 Å². The molecule has 0 unspecified atom stereocenters. The fourth-order valence-electron chi connectivity index (χ4n) is 15.4. The van der Waals surface area contributed by atoms with Gasteiger partial charge < -0.3 is 68.9 Å². The third-order valence-electron chi connectivity index (χ3n) is 17.9. The molecule has 9 aliphatic rings. The van der Waals surface area contributed by atoms with Crippen molar-refractivity contribution in [2.45, 2.75) is 191 Å². The van der Waals surface area contributed by atoms with E-state index in [9.17, 15) is 35.7 Å². The zero-order valence-corrected chi connectivity index (χ0v) is 33.7. The van der Waals surface area contributed by atoms with Crippen LogP contribution in [0.25, 0.3) is 0 Å². The first kappa shape index (κ1) is 39.9. The van der Waals surface area contributed by atoms with E-state index in [0.717, 1.165) is 38.5 Å². The Kier molecular flexibility index (Phi) is 9.06. The molecular weight excluding hydrogens is 716 g/mol. The number of hydrogen-bond donors (Lipinski definition) is 7. The zero-order chi connectivity index (χ0) is 39.6. The molecule has 4 aliphatic heterocycles. The van der Waals surface area contributed by atoms with E-state index < -0.39 is 79.1 Å². The number of rotatable bonds is 6. The molecule has 14 nitrogen and oxygen atoms in total. The molecule has 4 saturated heterocycles. The fraction of sp³-hybridized carbons (Fsp3) is 1.00. The van der Waals surface area contributed by atoms with E-state index in [1.807, 2.05) is 13.8 Å². The normalized spacial score (nSPS) is 60.6. The smallest absolute Gasteiger partial charge is 0.190 e. The summed E-state index contributed by atoms with van der Waals surface area (Å²) in [5, 5.41) is 75.4. The highest BCUT2D eigenvalue weighted by Gasteiger charge is 2.87. The summed E-state index contributed by atoms with van der Waals surface area (Å²) in [5.41, 5.74) is -1.80. The van der Waals surface area contributed by atoms with Gasteiger partial charge in [-0.2, -0.15) is 0 Å². The largest absolute Gasteiger partial charge is 0.393 e. The Bertz CT molecular complexity index is 1510. The zero-order valence-electron chi connectivity index (χ0n) is 33.7. The number of aliphatic hydroxyl groups is 7. The molecule has 3 spiro atoms. The molecule has 0 radical (unpaired) electrons. The minimum absolute atomic E-state index is 0.0299. The summed E-state index contributed by atoms with van der Waals surface area (Å²) >= 11 is 0. The van der Waals surface area contributed by atoms with Crippen molar-refractivity contribution in [3.05, 3.63) is 0 Å². The molecule has 9 fully saturated rings. The monoisotopic (exact) mass is 782 g/mol. The fourth-order valence-corrected chi connectivity index (χ4v) is 15.4. The Morgan fingerprint density at radius 2 is 1.38 bits per heavy atom. The molecular formula is C41H66O14. The van der Waals surface area contributed by atoms with Crippen molar-refractivity contribution in [1.29, 1.82) is 0 Å². The van der Waals surface area contributed by atoms with Gasteiger partial charge in [0.05, 0.1) is 30.5 Å². The van der Waals surface area contributed by atoms with Crippen molar-refractivity contribution in [3.8, 4) is 0 Å². The first-order valence-electron chi connectivity index (χ1n) is 20.9. The van der Waals surface area contributed by atoms with E-state index >= 15 is 0 Å². The van der Waals surface area contributed by atoms with Gasteiger partial charge in [0.15, 0.2) is 24.7 Å². The topological polar surface area (TPSA) is 206 Å². The lowest BCUT2D eigenvalue weighted by atomic mass is 9.41. The molecule has 314 valence electrons. The van der Waals surface area contributed by atoms with E-state index in [1.54, 1.807) is 0 Å². The Morgan fingerprint density at radius 3 is 2.09 bits per heavy atom. The summed E-state index contributed by atoms with van der Waals surface area (Å²) in [6.07, 6.45) is -6.45. The van der Waals surface area contributed by atoms with Crippen LogP contribution in [-0.4, -0.2) is 141 Å². The maximum absolute atomic E-state index is 12.6. The molecule has 7 N–H and O–H groups in total. The Morgan fingerprint density at radius 1 is 0.691 bits per heavy atom. The van der Waals surface area contributed by atoms with E-state index in [2.05, 4.69) is 34.6 Å². The standard InChI is InChI=1S/C41H66O14/c1-18-13-21-31(36(4,5)55-34-28(48)25(45)27(47)32(49-8)52-34)54-41(53-21)16-38(7)30-19(42)14-22-35(2,3)23(51-33-26(46)24(44)20(43)15-50-33)9-10-39(22)17-40(30,39)12-11-37(38,6)29(18)41/h18-34,42-48H,9-17H2,1-8H3/t18-,19+,20+,21-,22+,23+,24+,25-,26+,27+,28-,29-,30+,31+,32-,33+,34-,37-,38+,39-,40+,41-/m1/s1. The van der Waals surface area contributed by atoms with Crippen molar-refractivity contribution in [2.75, 3.05) is 13.7 Å². The van der Waals surface area contributed by atoms with Gasteiger partial charge in [-0.25, -0.2) is 0 Å². The van der Waals surface area contributed by atoms with E-state index in [-0.39, 0.29) is 69.6 Å². The van der Waals surface area contributed by atoms with Crippen LogP contribution in [0.2, 0.25) is 0 Å². The first-order valence-corrected chi connectivity index (χ1v) is 20.9.